The summed E-state index contributed by atoms with van der Waals surface area (Å²) in [6.07, 6.45) is 0. The lowest BCUT2D eigenvalue weighted by Crippen LogP contribution is -2.12. The summed E-state index contributed by atoms with van der Waals surface area (Å²) in [5.41, 5.74) is 1.32. The Morgan fingerprint density at radius 2 is 1.56 bits per heavy atom. The SMILES string of the molecule is CC(=O)Nc1ccc(S(=O)(=O)Oc2c(C)cc(C(=O)O)cc2C)cc1. The van der Waals surface area contributed by atoms with E-state index in [-0.39, 0.29) is 22.1 Å². The highest BCUT2D eigenvalue weighted by atomic mass is 32.2. The lowest BCUT2D eigenvalue weighted by molar-refractivity contribution is -0.114. The van der Waals surface area contributed by atoms with E-state index in [0.717, 1.165) is 0 Å². The molecule has 132 valence electrons. The fourth-order valence-electron chi connectivity index (χ4n) is 2.27. The number of rotatable bonds is 5. The number of carboxylic acids is 1. The van der Waals surface area contributed by atoms with Crippen molar-refractivity contribution in [2.45, 2.75) is 25.7 Å². The first-order chi connectivity index (χ1) is 11.6. The van der Waals surface area contributed by atoms with E-state index in [4.69, 9.17) is 9.29 Å². The number of anilines is 1. The van der Waals surface area contributed by atoms with Crippen molar-refractivity contribution in [1.29, 1.82) is 0 Å². The normalized spacial score (nSPS) is 11.0. The van der Waals surface area contributed by atoms with Crippen molar-refractivity contribution in [3.05, 3.63) is 53.1 Å². The van der Waals surface area contributed by atoms with Gasteiger partial charge in [-0.3, -0.25) is 4.79 Å². The first-order valence-corrected chi connectivity index (χ1v) is 8.67. The van der Waals surface area contributed by atoms with Gasteiger partial charge in [0.2, 0.25) is 5.91 Å². The minimum atomic E-state index is -4.10. The maximum absolute atomic E-state index is 12.4. The van der Waals surface area contributed by atoms with E-state index < -0.39 is 16.1 Å². The molecule has 8 heteroatoms. The molecule has 2 N–H and O–H groups in total. The predicted molar refractivity (Wildman–Crippen MR) is 91.4 cm³/mol. The molecule has 0 heterocycles. The van der Waals surface area contributed by atoms with Crippen LogP contribution in [0.5, 0.6) is 5.75 Å². The standard InChI is InChI=1S/C17H17NO6S/c1-10-8-13(17(20)21)9-11(2)16(10)24-25(22,23)15-6-4-14(5-7-15)18-12(3)19/h4-9H,1-3H3,(H,18,19)(H,20,21). The molecule has 2 aromatic carbocycles. The van der Waals surface area contributed by atoms with E-state index >= 15 is 0 Å². The van der Waals surface area contributed by atoms with Crippen LogP contribution in [-0.2, 0) is 14.9 Å². The number of carboxylic acid groups (broad SMARTS) is 1. The zero-order valence-corrected chi connectivity index (χ0v) is 14.7. The molecule has 0 aliphatic rings. The van der Waals surface area contributed by atoms with E-state index in [2.05, 4.69) is 5.32 Å². The van der Waals surface area contributed by atoms with Gasteiger partial charge in [0.15, 0.2) is 0 Å². The van der Waals surface area contributed by atoms with Gasteiger partial charge in [-0.1, -0.05) is 0 Å². The topological polar surface area (TPSA) is 110 Å². The quantitative estimate of drug-likeness (QED) is 0.791. The van der Waals surface area contributed by atoms with Gasteiger partial charge in [0, 0.05) is 12.6 Å². The molecule has 0 fully saturated rings. The summed E-state index contributed by atoms with van der Waals surface area (Å²) in [5, 5.41) is 11.6. The van der Waals surface area contributed by atoms with Crippen LogP contribution in [-0.4, -0.2) is 25.4 Å². The summed E-state index contributed by atoms with van der Waals surface area (Å²) in [7, 11) is -4.10. The first-order valence-electron chi connectivity index (χ1n) is 7.27. The molecule has 0 unspecified atom stereocenters. The average Bonchev–Trinajstić information content (AvgIpc) is 2.50. The number of benzene rings is 2. The molecular weight excluding hydrogens is 346 g/mol. The molecule has 0 aromatic heterocycles. The Morgan fingerprint density at radius 3 is 2.00 bits per heavy atom. The van der Waals surface area contributed by atoms with Crippen LogP contribution >= 0.6 is 0 Å². The number of carbonyl (C=O) groups excluding carboxylic acids is 1. The summed E-state index contributed by atoms with van der Waals surface area (Å²) >= 11 is 0. The van der Waals surface area contributed by atoms with Gasteiger partial charge in [-0.05, 0) is 61.4 Å². The van der Waals surface area contributed by atoms with Crippen LogP contribution in [0.3, 0.4) is 0 Å². The van der Waals surface area contributed by atoms with Gasteiger partial charge < -0.3 is 14.6 Å². The van der Waals surface area contributed by atoms with E-state index in [0.29, 0.717) is 16.8 Å². The van der Waals surface area contributed by atoms with Gasteiger partial charge in [-0.25, -0.2) is 4.79 Å². The molecule has 25 heavy (non-hydrogen) atoms. The first kappa shape index (κ1) is 18.5. The van der Waals surface area contributed by atoms with Crippen molar-refractivity contribution in [2.24, 2.45) is 0 Å². The molecule has 0 bridgehead atoms. The summed E-state index contributed by atoms with van der Waals surface area (Å²) in [6, 6.07) is 8.23. The van der Waals surface area contributed by atoms with Crippen LogP contribution < -0.4 is 9.50 Å². The lowest BCUT2D eigenvalue weighted by atomic mass is 10.1. The summed E-state index contributed by atoms with van der Waals surface area (Å²) in [6.45, 7) is 4.49. The van der Waals surface area contributed by atoms with Gasteiger partial charge >= 0.3 is 16.1 Å². The molecule has 0 saturated carbocycles. The smallest absolute Gasteiger partial charge is 0.339 e. The number of nitrogens with one attached hydrogen (secondary N) is 1. The molecule has 7 nitrogen and oxygen atoms in total. The van der Waals surface area contributed by atoms with Crippen molar-refractivity contribution in [3.8, 4) is 5.75 Å². The Kier molecular flexibility index (Phi) is 5.13. The monoisotopic (exact) mass is 363 g/mol. The molecule has 2 rings (SSSR count). The third kappa shape index (κ3) is 4.36. The Labute approximate surface area is 145 Å². The maximum atomic E-state index is 12.4. The lowest BCUT2D eigenvalue weighted by Gasteiger charge is -2.13. The summed E-state index contributed by atoms with van der Waals surface area (Å²) in [5.74, 6) is -1.28. The molecular formula is C17H17NO6S. The zero-order valence-electron chi connectivity index (χ0n) is 13.9. The molecule has 0 radical (unpaired) electrons. The fraction of sp³-hybridized carbons (Fsp3) is 0.176. The minimum Gasteiger partial charge on any atom is -0.478 e. The number of amides is 1. The minimum absolute atomic E-state index is 0.0550. The fourth-order valence-corrected chi connectivity index (χ4v) is 3.32. The van der Waals surface area contributed by atoms with Gasteiger partial charge in [0.25, 0.3) is 0 Å². The van der Waals surface area contributed by atoms with Crippen molar-refractivity contribution < 1.29 is 27.3 Å². The number of aromatic carboxylic acids is 1. The molecule has 0 spiro atoms. The van der Waals surface area contributed by atoms with E-state index in [1.54, 1.807) is 13.8 Å². The highest BCUT2D eigenvalue weighted by Gasteiger charge is 2.20. The van der Waals surface area contributed by atoms with Gasteiger partial charge in [0.05, 0.1) is 5.56 Å². The Bertz CT molecular complexity index is 909. The summed E-state index contributed by atoms with van der Waals surface area (Å²) < 4.78 is 30.1. The third-order valence-corrected chi connectivity index (χ3v) is 4.60. The Morgan fingerprint density at radius 1 is 1.04 bits per heavy atom. The highest BCUT2D eigenvalue weighted by molar-refractivity contribution is 7.87. The maximum Gasteiger partial charge on any atom is 0.339 e. The second-order valence-corrected chi connectivity index (χ2v) is 7.03. The van der Waals surface area contributed by atoms with E-state index in [1.165, 1.54) is 43.3 Å². The molecule has 1 amide bonds. The van der Waals surface area contributed by atoms with Crippen LogP contribution in [0.2, 0.25) is 0 Å². The molecule has 0 aliphatic heterocycles. The third-order valence-electron chi connectivity index (χ3n) is 3.36. The van der Waals surface area contributed by atoms with Crippen LogP contribution in [0, 0.1) is 13.8 Å². The molecule has 0 aliphatic carbocycles. The Hall–Kier alpha value is -2.87. The molecule has 2 aromatic rings. The van der Waals surface area contributed by atoms with Crippen LogP contribution in [0.4, 0.5) is 5.69 Å². The van der Waals surface area contributed by atoms with Crippen molar-refractivity contribution >= 4 is 27.7 Å². The van der Waals surface area contributed by atoms with E-state index in [1.807, 2.05) is 0 Å². The number of hydrogen-bond donors (Lipinski definition) is 2. The highest BCUT2D eigenvalue weighted by Crippen LogP contribution is 2.28. The number of hydrogen-bond acceptors (Lipinski definition) is 5. The van der Waals surface area contributed by atoms with Crippen LogP contribution in [0.15, 0.2) is 41.3 Å². The number of carbonyl (C=O) groups is 2. The van der Waals surface area contributed by atoms with Crippen molar-refractivity contribution in [2.75, 3.05) is 5.32 Å². The van der Waals surface area contributed by atoms with Crippen molar-refractivity contribution in [3.63, 3.8) is 0 Å². The van der Waals surface area contributed by atoms with Crippen LogP contribution in [0.25, 0.3) is 0 Å². The van der Waals surface area contributed by atoms with E-state index in [9.17, 15) is 18.0 Å². The largest absolute Gasteiger partial charge is 0.478 e. The van der Waals surface area contributed by atoms with Gasteiger partial charge in [-0.15, -0.1) is 0 Å². The van der Waals surface area contributed by atoms with Crippen molar-refractivity contribution in [1.82, 2.24) is 0 Å². The second kappa shape index (κ2) is 6.94. The summed E-state index contributed by atoms with van der Waals surface area (Å²) in [4.78, 5) is 22.0. The van der Waals surface area contributed by atoms with Gasteiger partial charge in [-0.2, -0.15) is 8.42 Å². The predicted octanol–water partition coefficient (Wildman–Crippen LogP) is 2.73. The zero-order chi connectivity index (χ0) is 18.8. The number of aryl methyl sites for hydroxylation is 2. The van der Waals surface area contributed by atoms with Crippen LogP contribution in [0.1, 0.15) is 28.4 Å². The second-order valence-electron chi connectivity index (χ2n) is 5.49. The Balaban J connectivity index is 2.33. The molecule has 0 atom stereocenters. The average molecular weight is 363 g/mol. The molecule has 0 saturated heterocycles. The van der Waals surface area contributed by atoms with Gasteiger partial charge in [0.1, 0.15) is 10.6 Å².